The summed E-state index contributed by atoms with van der Waals surface area (Å²) in [5, 5.41) is 6.79. The van der Waals surface area contributed by atoms with Crippen molar-refractivity contribution in [3.63, 3.8) is 0 Å². The third-order valence-corrected chi connectivity index (χ3v) is 6.56. The maximum Gasteiger partial charge on any atom is 0.257 e. The van der Waals surface area contributed by atoms with E-state index in [-0.39, 0.29) is 16.4 Å². The van der Waals surface area contributed by atoms with Crippen LogP contribution >= 0.6 is 0 Å². The molecule has 0 saturated carbocycles. The van der Waals surface area contributed by atoms with Gasteiger partial charge in [-0.15, -0.1) is 0 Å². The SMILES string of the molecule is CNS(=O)(=O)c1ccc(F)c(C(=O)N2CCCCC2c2[nH]ncc2C(=O)N(C)C)c1. The van der Waals surface area contributed by atoms with Gasteiger partial charge in [-0.2, -0.15) is 5.10 Å². The number of sulfonamides is 1. The van der Waals surface area contributed by atoms with Crippen LogP contribution in [0.4, 0.5) is 4.39 Å². The second-order valence-corrected chi connectivity index (χ2v) is 9.14. The van der Waals surface area contributed by atoms with Gasteiger partial charge in [0, 0.05) is 20.6 Å². The summed E-state index contributed by atoms with van der Waals surface area (Å²) in [5.74, 6) is -1.71. The topological polar surface area (TPSA) is 115 Å². The molecule has 0 bridgehead atoms. The van der Waals surface area contributed by atoms with Crippen LogP contribution in [-0.2, 0) is 10.0 Å². The number of aromatic amines is 1. The minimum atomic E-state index is -3.84. The lowest BCUT2D eigenvalue weighted by Crippen LogP contribution is -2.40. The minimum Gasteiger partial charge on any atom is -0.345 e. The Bertz CT molecular complexity index is 1070. The van der Waals surface area contributed by atoms with Crippen molar-refractivity contribution in [2.45, 2.75) is 30.2 Å². The van der Waals surface area contributed by atoms with Crippen molar-refractivity contribution in [3.05, 3.63) is 47.0 Å². The zero-order valence-corrected chi connectivity index (χ0v) is 17.8. The van der Waals surface area contributed by atoms with E-state index in [2.05, 4.69) is 14.9 Å². The molecule has 30 heavy (non-hydrogen) atoms. The van der Waals surface area contributed by atoms with Crippen molar-refractivity contribution in [3.8, 4) is 0 Å². The van der Waals surface area contributed by atoms with Crippen LogP contribution in [0, 0.1) is 5.82 Å². The number of nitrogens with zero attached hydrogens (tertiary/aromatic N) is 3. The molecule has 0 spiro atoms. The molecule has 1 aliphatic rings. The second kappa shape index (κ2) is 8.52. The average Bonchev–Trinajstić information content (AvgIpc) is 3.22. The zero-order chi connectivity index (χ0) is 22.1. The van der Waals surface area contributed by atoms with E-state index >= 15 is 0 Å². The molecule has 2 aromatic rings. The quantitative estimate of drug-likeness (QED) is 0.736. The first-order chi connectivity index (χ1) is 14.2. The summed E-state index contributed by atoms with van der Waals surface area (Å²) in [5.41, 5.74) is 0.496. The van der Waals surface area contributed by atoms with Gasteiger partial charge in [-0.05, 0) is 44.5 Å². The summed E-state index contributed by atoms with van der Waals surface area (Å²) in [4.78, 5) is 28.4. The van der Waals surface area contributed by atoms with Crippen molar-refractivity contribution in [2.75, 3.05) is 27.7 Å². The second-order valence-electron chi connectivity index (χ2n) is 7.26. The molecule has 1 aromatic heterocycles. The number of nitrogens with one attached hydrogen (secondary N) is 2. The third kappa shape index (κ3) is 4.08. The van der Waals surface area contributed by atoms with Gasteiger partial charge in [0.2, 0.25) is 10.0 Å². The van der Waals surface area contributed by atoms with Gasteiger partial charge in [-0.1, -0.05) is 0 Å². The van der Waals surface area contributed by atoms with Crippen molar-refractivity contribution in [1.82, 2.24) is 24.7 Å². The predicted octanol–water partition coefficient (Wildman–Crippen LogP) is 1.53. The Kier molecular flexibility index (Phi) is 6.22. The Hall–Kier alpha value is -2.79. The maximum absolute atomic E-state index is 14.5. The van der Waals surface area contributed by atoms with Crippen LogP contribution in [0.3, 0.4) is 0 Å². The van der Waals surface area contributed by atoms with E-state index in [0.29, 0.717) is 30.6 Å². The molecular formula is C19H24FN5O4S. The van der Waals surface area contributed by atoms with Crippen LogP contribution in [0.1, 0.15) is 51.7 Å². The molecule has 2 amide bonds. The summed E-state index contributed by atoms with van der Waals surface area (Å²) in [6.45, 7) is 0.348. The average molecular weight is 437 g/mol. The summed E-state index contributed by atoms with van der Waals surface area (Å²) in [6.07, 6.45) is 3.51. The lowest BCUT2D eigenvalue weighted by atomic mass is 9.95. The molecular weight excluding hydrogens is 413 g/mol. The summed E-state index contributed by atoms with van der Waals surface area (Å²) in [6, 6.07) is 2.60. The molecule has 1 saturated heterocycles. The van der Waals surface area contributed by atoms with Gasteiger partial charge in [0.25, 0.3) is 11.8 Å². The molecule has 3 rings (SSSR count). The lowest BCUT2D eigenvalue weighted by Gasteiger charge is -2.35. The maximum atomic E-state index is 14.5. The van der Waals surface area contributed by atoms with Crippen molar-refractivity contribution in [2.24, 2.45) is 0 Å². The van der Waals surface area contributed by atoms with E-state index in [1.54, 1.807) is 14.1 Å². The van der Waals surface area contributed by atoms with Gasteiger partial charge in [-0.25, -0.2) is 17.5 Å². The molecule has 0 radical (unpaired) electrons. The summed E-state index contributed by atoms with van der Waals surface area (Å²) < 4.78 is 40.8. The van der Waals surface area contributed by atoms with Gasteiger partial charge in [0.15, 0.2) is 0 Å². The monoisotopic (exact) mass is 437 g/mol. The molecule has 1 unspecified atom stereocenters. The largest absolute Gasteiger partial charge is 0.345 e. The highest BCUT2D eigenvalue weighted by molar-refractivity contribution is 7.89. The normalized spacial score (nSPS) is 17.1. The molecule has 1 aliphatic heterocycles. The number of amides is 2. The Morgan fingerprint density at radius 1 is 1.27 bits per heavy atom. The highest BCUT2D eigenvalue weighted by atomic mass is 32.2. The molecule has 9 nitrogen and oxygen atoms in total. The van der Waals surface area contributed by atoms with E-state index in [1.807, 2.05) is 0 Å². The number of aromatic nitrogens is 2. The van der Waals surface area contributed by atoms with Gasteiger partial charge >= 0.3 is 0 Å². The number of rotatable bonds is 5. The highest BCUT2D eigenvalue weighted by Crippen LogP contribution is 2.33. The summed E-state index contributed by atoms with van der Waals surface area (Å²) in [7, 11) is 0.633. The molecule has 1 aromatic carbocycles. The van der Waals surface area contributed by atoms with E-state index in [0.717, 1.165) is 24.6 Å². The van der Waals surface area contributed by atoms with Crippen molar-refractivity contribution in [1.29, 1.82) is 0 Å². The van der Waals surface area contributed by atoms with E-state index in [4.69, 9.17) is 0 Å². The van der Waals surface area contributed by atoms with Gasteiger partial charge in [0.05, 0.1) is 34.0 Å². The molecule has 1 atom stereocenters. The minimum absolute atomic E-state index is 0.201. The fraction of sp³-hybridized carbons (Fsp3) is 0.421. The van der Waals surface area contributed by atoms with Crippen LogP contribution < -0.4 is 4.72 Å². The Morgan fingerprint density at radius 3 is 2.67 bits per heavy atom. The first-order valence-corrected chi connectivity index (χ1v) is 10.9. The van der Waals surface area contributed by atoms with E-state index < -0.39 is 27.8 Å². The standard InChI is InChI=1S/C19H24FN5O4S/c1-21-30(28,29)12-7-8-15(20)13(10-12)19(27)25-9-5-4-6-16(25)17-14(11-22-23-17)18(26)24(2)3/h7-8,10-11,16,21H,4-6,9H2,1-3H3,(H,22,23). The zero-order valence-electron chi connectivity index (χ0n) is 17.0. The molecule has 0 aliphatic carbocycles. The number of piperidine rings is 1. The Balaban J connectivity index is 2.01. The summed E-state index contributed by atoms with van der Waals surface area (Å²) >= 11 is 0. The first-order valence-electron chi connectivity index (χ1n) is 9.46. The molecule has 1 fully saturated rings. The van der Waals surface area contributed by atoms with Crippen LogP contribution in [0.2, 0.25) is 0 Å². The predicted molar refractivity (Wildman–Crippen MR) is 107 cm³/mol. The Morgan fingerprint density at radius 2 is 2.00 bits per heavy atom. The Labute approximate surface area is 174 Å². The lowest BCUT2D eigenvalue weighted by molar-refractivity contribution is 0.0595. The van der Waals surface area contributed by atoms with Crippen LogP contribution in [0.25, 0.3) is 0 Å². The number of hydrogen-bond donors (Lipinski definition) is 2. The van der Waals surface area contributed by atoms with Crippen molar-refractivity contribution < 1.29 is 22.4 Å². The van der Waals surface area contributed by atoms with Gasteiger partial charge < -0.3 is 9.80 Å². The molecule has 2 heterocycles. The molecule has 11 heteroatoms. The highest BCUT2D eigenvalue weighted by Gasteiger charge is 2.34. The van der Waals surface area contributed by atoms with E-state index in [1.165, 1.54) is 23.0 Å². The van der Waals surface area contributed by atoms with Gasteiger partial charge in [0.1, 0.15) is 5.82 Å². The smallest absolute Gasteiger partial charge is 0.257 e. The number of carbonyl (C=O) groups excluding carboxylic acids is 2. The number of hydrogen-bond acceptors (Lipinski definition) is 5. The van der Waals surface area contributed by atoms with Crippen molar-refractivity contribution >= 4 is 21.8 Å². The van der Waals surface area contributed by atoms with Crippen LogP contribution in [0.5, 0.6) is 0 Å². The molecule has 162 valence electrons. The number of halogens is 1. The number of carbonyl (C=O) groups is 2. The third-order valence-electron chi connectivity index (χ3n) is 5.15. The fourth-order valence-corrected chi connectivity index (χ4v) is 4.30. The van der Waals surface area contributed by atoms with E-state index in [9.17, 15) is 22.4 Å². The number of benzene rings is 1. The molecule has 2 N–H and O–H groups in total. The van der Waals surface area contributed by atoms with Crippen LogP contribution in [0.15, 0.2) is 29.3 Å². The number of H-pyrrole nitrogens is 1. The number of likely N-dealkylation sites (tertiary alicyclic amines) is 1. The fourth-order valence-electron chi connectivity index (χ4n) is 3.54. The van der Waals surface area contributed by atoms with Crippen LogP contribution in [-0.4, -0.2) is 67.9 Å². The first kappa shape index (κ1) is 21.9. The van der Waals surface area contributed by atoms with Gasteiger partial charge in [-0.3, -0.25) is 14.7 Å².